The molecular weight excluding hydrogens is 224 g/mol. The summed E-state index contributed by atoms with van der Waals surface area (Å²) in [5.74, 6) is 0.681. The van der Waals surface area contributed by atoms with E-state index in [0.29, 0.717) is 12.3 Å². The van der Waals surface area contributed by atoms with Gasteiger partial charge in [0.05, 0.1) is 0 Å². The largest absolute Gasteiger partial charge is 0.328 e. The zero-order chi connectivity index (χ0) is 13.5. The summed E-state index contributed by atoms with van der Waals surface area (Å²) in [4.78, 5) is 11.6. The summed E-state index contributed by atoms with van der Waals surface area (Å²) in [6, 6.07) is 8.13. The number of carbonyl (C=O) groups excluding carboxylic acids is 1. The maximum absolute atomic E-state index is 11.6. The van der Waals surface area contributed by atoms with Crippen LogP contribution in [0, 0.1) is 5.92 Å². The monoisotopic (exact) mass is 248 g/mol. The molecule has 0 bridgehead atoms. The van der Waals surface area contributed by atoms with Gasteiger partial charge in [0.25, 0.3) is 0 Å². The van der Waals surface area contributed by atoms with Gasteiger partial charge in [-0.05, 0) is 43.4 Å². The summed E-state index contributed by atoms with van der Waals surface area (Å²) < 4.78 is 0. The van der Waals surface area contributed by atoms with Gasteiger partial charge in [-0.1, -0.05) is 26.0 Å². The molecule has 0 heterocycles. The molecule has 1 aromatic rings. The van der Waals surface area contributed by atoms with Crippen molar-refractivity contribution in [2.75, 3.05) is 5.32 Å². The number of benzene rings is 1. The highest BCUT2D eigenvalue weighted by Crippen LogP contribution is 2.13. The minimum atomic E-state index is 0.0314. The quantitative estimate of drug-likeness (QED) is 0.813. The highest BCUT2D eigenvalue weighted by molar-refractivity contribution is 5.90. The number of anilines is 1. The summed E-state index contributed by atoms with van der Waals surface area (Å²) in [5.41, 5.74) is 7.78. The first-order valence-corrected chi connectivity index (χ1v) is 6.61. The molecule has 0 aromatic heterocycles. The highest BCUT2D eigenvalue weighted by Gasteiger charge is 2.04. The fourth-order valence-corrected chi connectivity index (χ4v) is 1.78. The van der Waals surface area contributed by atoms with Crippen molar-refractivity contribution in [3.05, 3.63) is 29.8 Å². The Kier molecular flexibility index (Phi) is 5.86. The van der Waals surface area contributed by atoms with Crippen LogP contribution in [0.25, 0.3) is 0 Å². The molecule has 1 atom stereocenters. The van der Waals surface area contributed by atoms with E-state index in [4.69, 9.17) is 5.73 Å². The predicted octanol–water partition coefficient (Wildman–Crippen LogP) is 2.95. The second-order valence-corrected chi connectivity index (χ2v) is 5.36. The van der Waals surface area contributed by atoms with Gasteiger partial charge in [0.1, 0.15) is 0 Å². The minimum absolute atomic E-state index is 0.0314. The number of hydrogen-bond acceptors (Lipinski definition) is 2. The van der Waals surface area contributed by atoms with Crippen LogP contribution >= 0.6 is 0 Å². The molecule has 100 valence electrons. The average Bonchev–Trinajstić information content (AvgIpc) is 2.28. The van der Waals surface area contributed by atoms with Crippen LogP contribution in [0.4, 0.5) is 5.69 Å². The van der Waals surface area contributed by atoms with E-state index >= 15 is 0 Å². The van der Waals surface area contributed by atoms with Crippen LogP contribution < -0.4 is 11.1 Å². The van der Waals surface area contributed by atoms with E-state index in [1.807, 2.05) is 19.1 Å². The van der Waals surface area contributed by atoms with Gasteiger partial charge in [0.15, 0.2) is 0 Å². The first-order chi connectivity index (χ1) is 8.47. The van der Waals surface area contributed by atoms with Crippen LogP contribution in [-0.2, 0) is 11.2 Å². The maximum atomic E-state index is 11.6. The smallest absolute Gasteiger partial charge is 0.224 e. The summed E-state index contributed by atoms with van der Waals surface area (Å²) in [6.07, 6.45) is 2.27. The average molecular weight is 248 g/mol. The molecule has 1 rings (SSSR count). The highest BCUT2D eigenvalue weighted by atomic mass is 16.1. The summed E-state index contributed by atoms with van der Waals surface area (Å²) in [5, 5.41) is 2.88. The van der Waals surface area contributed by atoms with Gasteiger partial charge in [-0.15, -0.1) is 0 Å². The molecule has 0 saturated carbocycles. The number of rotatable bonds is 6. The zero-order valence-corrected chi connectivity index (χ0v) is 11.6. The van der Waals surface area contributed by atoms with Crippen LogP contribution in [-0.4, -0.2) is 11.9 Å². The van der Waals surface area contributed by atoms with Crippen molar-refractivity contribution in [3.8, 4) is 0 Å². The molecule has 1 aromatic carbocycles. The lowest BCUT2D eigenvalue weighted by Gasteiger charge is -2.09. The maximum Gasteiger partial charge on any atom is 0.224 e. The Hall–Kier alpha value is -1.35. The Bertz CT molecular complexity index is 369. The van der Waals surface area contributed by atoms with Gasteiger partial charge >= 0.3 is 0 Å². The summed E-state index contributed by atoms with van der Waals surface area (Å²) in [6.45, 7) is 6.31. The second-order valence-electron chi connectivity index (χ2n) is 5.36. The van der Waals surface area contributed by atoms with Gasteiger partial charge in [-0.3, -0.25) is 4.79 Å². The molecule has 18 heavy (non-hydrogen) atoms. The van der Waals surface area contributed by atoms with Crippen LogP contribution in [0.1, 0.15) is 39.2 Å². The molecule has 0 aliphatic rings. The number of nitrogens with two attached hydrogens (primary N) is 1. The Balaban J connectivity index is 2.45. The molecule has 1 unspecified atom stereocenters. The van der Waals surface area contributed by atoms with Crippen molar-refractivity contribution in [1.29, 1.82) is 0 Å². The van der Waals surface area contributed by atoms with Crippen LogP contribution in [0.2, 0.25) is 0 Å². The van der Waals surface area contributed by atoms with E-state index in [1.165, 1.54) is 5.56 Å². The molecule has 1 amide bonds. The van der Waals surface area contributed by atoms with E-state index < -0.39 is 0 Å². The topological polar surface area (TPSA) is 55.1 Å². The Morgan fingerprint density at radius 1 is 1.22 bits per heavy atom. The molecule has 3 heteroatoms. The zero-order valence-electron chi connectivity index (χ0n) is 11.6. The van der Waals surface area contributed by atoms with Gasteiger partial charge in [-0.25, -0.2) is 0 Å². The molecule has 0 aliphatic carbocycles. The van der Waals surface area contributed by atoms with Crippen molar-refractivity contribution >= 4 is 11.6 Å². The first-order valence-electron chi connectivity index (χ1n) is 6.61. The third-order valence-corrected chi connectivity index (χ3v) is 2.71. The third-order valence-electron chi connectivity index (χ3n) is 2.71. The lowest BCUT2D eigenvalue weighted by atomic mass is 10.0. The van der Waals surface area contributed by atoms with Crippen molar-refractivity contribution < 1.29 is 4.79 Å². The molecule has 3 nitrogen and oxygen atoms in total. The van der Waals surface area contributed by atoms with Crippen molar-refractivity contribution in [2.24, 2.45) is 11.7 Å². The van der Waals surface area contributed by atoms with E-state index in [1.54, 1.807) is 0 Å². The standard InChI is InChI=1S/C15H24N2O/c1-11(2)10-13-5-7-14(8-6-13)17-15(18)9-4-12(3)16/h5-8,11-12H,4,9-10,16H2,1-3H3,(H,17,18). The lowest BCUT2D eigenvalue weighted by molar-refractivity contribution is -0.116. The third kappa shape index (κ3) is 5.82. The second kappa shape index (κ2) is 7.17. The SMILES string of the molecule is CC(C)Cc1ccc(NC(=O)CCC(C)N)cc1. The minimum Gasteiger partial charge on any atom is -0.328 e. The van der Waals surface area contributed by atoms with Gasteiger partial charge < -0.3 is 11.1 Å². The van der Waals surface area contributed by atoms with Gasteiger partial charge in [0, 0.05) is 18.2 Å². The first kappa shape index (κ1) is 14.7. The molecule has 0 saturated heterocycles. The fourth-order valence-electron chi connectivity index (χ4n) is 1.78. The van der Waals surface area contributed by atoms with Gasteiger partial charge in [0.2, 0.25) is 5.91 Å². The lowest BCUT2D eigenvalue weighted by Crippen LogP contribution is -2.19. The molecule has 0 spiro atoms. The molecule has 0 radical (unpaired) electrons. The number of amides is 1. The normalized spacial score (nSPS) is 12.5. The summed E-state index contributed by atoms with van der Waals surface area (Å²) in [7, 11) is 0. The molecule has 0 fully saturated rings. The van der Waals surface area contributed by atoms with Crippen molar-refractivity contribution in [2.45, 2.75) is 46.1 Å². The van der Waals surface area contributed by atoms with Crippen molar-refractivity contribution in [3.63, 3.8) is 0 Å². The Morgan fingerprint density at radius 3 is 2.33 bits per heavy atom. The summed E-state index contributed by atoms with van der Waals surface area (Å²) >= 11 is 0. The fraction of sp³-hybridized carbons (Fsp3) is 0.533. The van der Waals surface area contributed by atoms with E-state index in [-0.39, 0.29) is 11.9 Å². The van der Waals surface area contributed by atoms with E-state index in [2.05, 4.69) is 31.3 Å². The van der Waals surface area contributed by atoms with E-state index in [9.17, 15) is 4.79 Å². The van der Waals surface area contributed by atoms with E-state index in [0.717, 1.165) is 18.5 Å². The van der Waals surface area contributed by atoms with Crippen LogP contribution in [0.15, 0.2) is 24.3 Å². The Morgan fingerprint density at radius 2 is 1.83 bits per heavy atom. The van der Waals surface area contributed by atoms with Crippen LogP contribution in [0.3, 0.4) is 0 Å². The molecule has 0 aliphatic heterocycles. The van der Waals surface area contributed by atoms with Crippen molar-refractivity contribution in [1.82, 2.24) is 0 Å². The Labute approximate surface area is 110 Å². The number of nitrogens with one attached hydrogen (secondary N) is 1. The molecule has 3 N–H and O–H groups in total. The molecular formula is C15H24N2O. The van der Waals surface area contributed by atoms with Crippen LogP contribution in [0.5, 0.6) is 0 Å². The number of hydrogen-bond donors (Lipinski definition) is 2. The predicted molar refractivity (Wildman–Crippen MR) is 76.5 cm³/mol. The number of carbonyl (C=O) groups is 1. The van der Waals surface area contributed by atoms with Gasteiger partial charge in [-0.2, -0.15) is 0 Å².